The first-order chi connectivity index (χ1) is 11.7. The third kappa shape index (κ3) is 3.39. The summed E-state index contributed by atoms with van der Waals surface area (Å²) in [6.45, 7) is 7.00. The number of rotatable bonds is 2. The van der Waals surface area contributed by atoms with E-state index in [9.17, 15) is 9.59 Å². The predicted molar refractivity (Wildman–Crippen MR) is 91.7 cm³/mol. The van der Waals surface area contributed by atoms with Gasteiger partial charge in [-0.3, -0.25) is 9.69 Å². The second-order valence-corrected chi connectivity index (χ2v) is 7.85. The SMILES string of the molecule is O=C(C1CCCN(C(=O)N2CCCC2)C1)N1CCN(C2CC2)CC1. The summed E-state index contributed by atoms with van der Waals surface area (Å²) in [5.41, 5.74) is 0. The summed E-state index contributed by atoms with van der Waals surface area (Å²) < 4.78 is 0. The molecule has 1 unspecified atom stereocenters. The van der Waals surface area contributed by atoms with Crippen LogP contribution in [0.15, 0.2) is 0 Å². The number of piperazine rings is 1. The van der Waals surface area contributed by atoms with Crippen LogP contribution in [0.2, 0.25) is 0 Å². The van der Waals surface area contributed by atoms with Gasteiger partial charge in [-0.25, -0.2) is 4.79 Å². The Bertz CT molecular complexity index is 479. The van der Waals surface area contributed by atoms with Crippen molar-refractivity contribution in [3.05, 3.63) is 0 Å². The Kier molecular flexibility index (Phi) is 4.66. The van der Waals surface area contributed by atoms with Crippen molar-refractivity contribution in [2.24, 2.45) is 5.92 Å². The molecule has 0 radical (unpaired) electrons. The molecular formula is C18H30N4O2. The summed E-state index contributed by atoms with van der Waals surface area (Å²) in [5, 5.41) is 0. The topological polar surface area (TPSA) is 47.1 Å². The van der Waals surface area contributed by atoms with E-state index in [1.807, 2.05) is 14.7 Å². The zero-order chi connectivity index (χ0) is 16.5. The molecule has 4 aliphatic rings. The number of nitrogens with zero attached hydrogens (tertiary/aromatic N) is 4. The first-order valence-corrected chi connectivity index (χ1v) is 9.79. The molecule has 134 valence electrons. The van der Waals surface area contributed by atoms with E-state index < -0.39 is 0 Å². The lowest BCUT2D eigenvalue weighted by molar-refractivity contribution is -0.138. The number of likely N-dealkylation sites (tertiary alicyclic amines) is 2. The minimum absolute atomic E-state index is 0.0118. The van der Waals surface area contributed by atoms with Gasteiger partial charge < -0.3 is 14.7 Å². The van der Waals surface area contributed by atoms with Crippen LogP contribution in [0.25, 0.3) is 0 Å². The summed E-state index contributed by atoms with van der Waals surface area (Å²) in [5.74, 6) is 0.294. The van der Waals surface area contributed by atoms with Crippen LogP contribution in [0.1, 0.15) is 38.5 Å². The van der Waals surface area contributed by atoms with Crippen molar-refractivity contribution >= 4 is 11.9 Å². The van der Waals surface area contributed by atoms with E-state index in [0.29, 0.717) is 6.54 Å². The van der Waals surface area contributed by atoms with E-state index >= 15 is 0 Å². The van der Waals surface area contributed by atoms with Gasteiger partial charge in [-0.15, -0.1) is 0 Å². The molecular weight excluding hydrogens is 304 g/mol. The molecule has 4 fully saturated rings. The van der Waals surface area contributed by atoms with Crippen LogP contribution in [0.3, 0.4) is 0 Å². The monoisotopic (exact) mass is 334 g/mol. The van der Waals surface area contributed by atoms with Crippen LogP contribution < -0.4 is 0 Å². The number of hydrogen-bond donors (Lipinski definition) is 0. The maximum Gasteiger partial charge on any atom is 0.320 e. The average Bonchev–Trinajstić information content (AvgIpc) is 3.35. The molecule has 0 aromatic carbocycles. The first-order valence-electron chi connectivity index (χ1n) is 9.79. The fourth-order valence-electron chi connectivity index (χ4n) is 4.47. The van der Waals surface area contributed by atoms with Crippen molar-refractivity contribution in [2.45, 2.75) is 44.6 Å². The van der Waals surface area contributed by atoms with E-state index in [4.69, 9.17) is 0 Å². The zero-order valence-corrected chi connectivity index (χ0v) is 14.7. The quantitative estimate of drug-likeness (QED) is 0.763. The minimum atomic E-state index is 0.0118. The molecule has 3 heterocycles. The van der Waals surface area contributed by atoms with Crippen LogP contribution in [0, 0.1) is 5.92 Å². The van der Waals surface area contributed by atoms with Crippen LogP contribution >= 0.6 is 0 Å². The van der Waals surface area contributed by atoms with Gasteiger partial charge in [-0.2, -0.15) is 0 Å². The van der Waals surface area contributed by atoms with Crippen molar-refractivity contribution in [1.29, 1.82) is 0 Å². The highest BCUT2D eigenvalue weighted by molar-refractivity contribution is 5.81. The van der Waals surface area contributed by atoms with Gasteiger partial charge in [0.1, 0.15) is 0 Å². The number of carbonyl (C=O) groups excluding carboxylic acids is 2. The van der Waals surface area contributed by atoms with Gasteiger partial charge in [-0.1, -0.05) is 0 Å². The third-order valence-corrected chi connectivity index (χ3v) is 6.11. The molecule has 3 amide bonds. The Morgan fingerprint density at radius 3 is 2.00 bits per heavy atom. The lowest BCUT2D eigenvalue weighted by atomic mass is 9.96. The highest BCUT2D eigenvalue weighted by Gasteiger charge is 2.36. The zero-order valence-electron chi connectivity index (χ0n) is 14.7. The first kappa shape index (κ1) is 16.2. The summed E-state index contributed by atoms with van der Waals surface area (Å²) in [4.78, 5) is 34.0. The highest BCUT2D eigenvalue weighted by atomic mass is 16.2. The lowest BCUT2D eigenvalue weighted by Gasteiger charge is -2.39. The van der Waals surface area contributed by atoms with Gasteiger partial charge in [0.15, 0.2) is 0 Å². The molecule has 3 saturated heterocycles. The molecule has 4 rings (SSSR count). The number of carbonyl (C=O) groups is 2. The normalized spacial score (nSPS) is 29.2. The van der Waals surface area contributed by atoms with Crippen molar-refractivity contribution in [2.75, 3.05) is 52.4 Å². The van der Waals surface area contributed by atoms with Crippen LogP contribution in [-0.2, 0) is 4.79 Å². The molecule has 1 atom stereocenters. The van der Waals surface area contributed by atoms with Crippen molar-refractivity contribution in [3.63, 3.8) is 0 Å². The van der Waals surface area contributed by atoms with Gasteiger partial charge in [0, 0.05) is 58.4 Å². The number of piperidine rings is 1. The molecule has 0 aromatic heterocycles. The largest absolute Gasteiger partial charge is 0.340 e. The Morgan fingerprint density at radius 1 is 0.667 bits per heavy atom. The molecule has 6 heteroatoms. The number of hydrogen-bond acceptors (Lipinski definition) is 3. The Balaban J connectivity index is 1.30. The Labute approximate surface area is 144 Å². The molecule has 3 aliphatic heterocycles. The molecule has 1 saturated carbocycles. The molecule has 24 heavy (non-hydrogen) atoms. The van der Waals surface area contributed by atoms with Gasteiger partial charge in [0.2, 0.25) is 5.91 Å². The standard InChI is InChI=1S/C18H30N4O2/c23-17(20-12-10-19(11-13-20)16-5-6-16)15-4-3-9-22(14-15)18(24)21-7-1-2-8-21/h15-16H,1-14H2. The van der Waals surface area contributed by atoms with Crippen molar-refractivity contribution in [1.82, 2.24) is 19.6 Å². The number of urea groups is 1. The molecule has 6 nitrogen and oxygen atoms in total. The summed E-state index contributed by atoms with van der Waals surface area (Å²) in [6, 6.07) is 0.953. The van der Waals surface area contributed by atoms with Crippen molar-refractivity contribution in [3.8, 4) is 0 Å². The summed E-state index contributed by atoms with van der Waals surface area (Å²) >= 11 is 0. The predicted octanol–water partition coefficient (Wildman–Crippen LogP) is 1.22. The molecule has 0 aromatic rings. The fraction of sp³-hybridized carbons (Fsp3) is 0.889. The smallest absolute Gasteiger partial charge is 0.320 e. The second-order valence-electron chi connectivity index (χ2n) is 7.85. The van der Waals surface area contributed by atoms with Crippen LogP contribution in [-0.4, -0.2) is 89.9 Å². The fourth-order valence-corrected chi connectivity index (χ4v) is 4.47. The Morgan fingerprint density at radius 2 is 1.33 bits per heavy atom. The van der Waals surface area contributed by atoms with Crippen molar-refractivity contribution < 1.29 is 9.59 Å². The highest BCUT2D eigenvalue weighted by Crippen LogP contribution is 2.28. The maximum atomic E-state index is 12.9. The Hall–Kier alpha value is -1.30. The molecule has 1 aliphatic carbocycles. The summed E-state index contributed by atoms with van der Waals surface area (Å²) in [7, 11) is 0. The van der Waals surface area contributed by atoms with Crippen LogP contribution in [0.4, 0.5) is 4.79 Å². The molecule has 0 bridgehead atoms. The third-order valence-electron chi connectivity index (χ3n) is 6.11. The molecule has 0 N–H and O–H groups in total. The van der Waals surface area contributed by atoms with Gasteiger partial charge in [0.25, 0.3) is 0 Å². The minimum Gasteiger partial charge on any atom is -0.340 e. The van der Waals surface area contributed by atoms with E-state index in [1.54, 1.807) is 0 Å². The van der Waals surface area contributed by atoms with Gasteiger partial charge >= 0.3 is 6.03 Å². The van der Waals surface area contributed by atoms with Crippen LogP contribution in [0.5, 0.6) is 0 Å². The van der Waals surface area contributed by atoms with Gasteiger partial charge in [0.05, 0.1) is 5.92 Å². The van der Waals surface area contributed by atoms with E-state index in [2.05, 4.69) is 4.90 Å². The van der Waals surface area contributed by atoms with E-state index in [1.165, 1.54) is 12.8 Å². The lowest BCUT2D eigenvalue weighted by Crippen LogP contribution is -2.54. The summed E-state index contributed by atoms with van der Waals surface area (Å²) in [6.07, 6.45) is 6.80. The number of amides is 3. The second kappa shape index (κ2) is 6.90. The van der Waals surface area contributed by atoms with E-state index in [-0.39, 0.29) is 17.9 Å². The van der Waals surface area contributed by atoms with Gasteiger partial charge in [-0.05, 0) is 38.5 Å². The average molecular weight is 334 g/mol. The van der Waals surface area contributed by atoms with E-state index in [0.717, 1.165) is 77.5 Å². The molecule has 0 spiro atoms. The maximum absolute atomic E-state index is 12.9.